The lowest BCUT2D eigenvalue weighted by atomic mass is 10.3. The molecule has 1 saturated heterocycles. The summed E-state index contributed by atoms with van der Waals surface area (Å²) in [5.41, 5.74) is 3.52. The molecule has 0 aromatic rings. The lowest BCUT2D eigenvalue weighted by molar-refractivity contribution is 0.163. The van der Waals surface area contributed by atoms with Crippen LogP contribution in [0.2, 0.25) is 0 Å². The molecule has 1 atom stereocenters. The molecule has 7 heteroatoms. The molecule has 1 aliphatic rings. The Bertz CT molecular complexity index is 409. The summed E-state index contributed by atoms with van der Waals surface area (Å²) in [7, 11) is 0. The van der Waals surface area contributed by atoms with Crippen molar-refractivity contribution >= 4 is 11.9 Å². The Morgan fingerprint density at radius 3 is 2.12 bits per heavy atom. The number of hydrogen-bond donors (Lipinski definition) is 4. The van der Waals surface area contributed by atoms with E-state index in [1.807, 2.05) is 0 Å². The van der Waals surface area contributed by atoms with Gasteiger partial charge in [-0.2, -0.15) is 0 Å². The van der Waals surface area contributed by atoms with Gasteiger partial charge in [0.15, 0.2) is 6.29 Å². The summed E-state index contributed by atoms with van der Waals surface area (Å²) in [6.45, 7) is 12.4. The second-order valence-electron chi connectivity index (χ2n) is 6.75. The van der Waals surface area contributed by atoms with E-state index >= 15 is 0 Å². The van der Waals surface area contributed by atoms with Gasteiger partial charge in [0.1, 0.15) is 0 Å². The van der Waals surface area contributed by atoms with E-state index in [0.29, 0.717) is 0 Å². The van der Waals surface area contributed by atoms with Crippen molar-refractivity contribution in [1.29, 1.82) is 0 Å². The fourth-order valence-electron chi connectivity index (χ4n) is 2.51. The molecule has 0 bridgehead atoms. The number of aliphatic imine (C=N–C) groups is 2. The van der Waals surface area contributed by atoms with Gasteiger partial charge in [-0.05, 0) is 32.2 Å². The molecule has 7 nitrogen and oxygen atoms in total. The second kappa shape index (κ2) is 14.8. The molecule has 0 saturated carbocycles. The van der Waals surface area contributed by atoms with Crippen LogP contribution in [0.25, 0.3) is 0 Å². The Balaban J connectivity index is 2.87. The van der Waals surface area contributed by atoms with Crippen LogP contribution in [0.5, 0.6) is 0 Å². The van der Waals surface area contributed by atoms with E-state index in [9.17, 15) is 0 Å². The number of guanidine groups is 2. The summed E-state index contributed by atoms with van der Waals surface area (Å²) in [5.74, 6) is 1.67. The Kier molecular flexibility index (Phi) is 12.9. The molecule has 1 rings (SSSR count). The Hall–Kier alpha value is -1.34. The number of hydrazine groups is 1. The average molecular weight is 368 g/mol. The van der Waals surface area contributed by atoms with Crippen molar-refractivity contribution in [3.63, 3.8) is 0 Å². The van der Waals surface area contributed by atoms with Gasteiger partial charge in [-0.25, -0.2) is 10.4 Å². The minimum absolute atomic E-state index is 0.0413. The third kappa shape index (κ3) is 8.85. The fourth-order valence-corrected chi connectivity index (χ4v) is 2.51. The number of unbranched alkanes of at least 4 members (excludes halogenated alkanes) is 4. The highest BCUT2D eigenvalue weighted by atomic mass is 15.7. The van der Waals surface area contributed by atoms with E-state index in [4.69, 9.17) is 4.99 Å². The predicted molar refractivity (Wildman–Crippen MR) is 112 cm³/mol. The van der Waals surface area contributed by atoms with E-state index in [1.165, 1.54) is 12.8 Å². The normalized spacial score (nSPS) is 20.5. The van der Waals surface area contributed by atoms with Crippen LogP contribution in [0.4, 0.5) is 0 Å². The third-order valence-electron chi connectivity index (χ3n) is 4.23. The van der Waals surface area contributed by atoms with Gasteiger partial charge in [-0.3, -0.25) is 20.6 Å². The zero-order chi connectivity index (χ0) is 19.0. The first-order valence-electron chi connectivity index (χ1n) is 10.6. The molecule has 4 N–H and O–H groups in total. The van der Waals surface area contributed by atoms with Gasteiger partial charge in [0.25, 0.3) is 0 Å². The highest BCUT2D eigenvalue weighted by Crippen LogP contribution is 2.02. The number of nitrogens with zero attached hydrogens (tertiary/aromatic N) is 3. The highest BCUT2D eigenvalue weighted by Gasteiger charge is 2.28. The van der Waals surface area contributed by atoms with E-state index in [0.717, 1.165) is 76.6 Å². The molecule has 0 aliphatic carbocycles. The van der Waals surface area contributed by atoms with E-state index in [1.54, 1.807) is 0 Å². The molecule has 0 aromatic carbocycles. The molecule has 26 heavy (non-hydrogen) atoms. The first kappa shape index (κ1) is 22.7. The summed E-state index contributed by atoms with van der Waals surface area (Å²) < 4.78 is 0. The molecule has 0 aromatic heterocycles. The maximum atomic E-state index is 4.80. The second-order valence-corrected chi connectivity index (χ2v) is 6.75. The SMILES string of the molecule is CCCCN=C1NC(=NCCCC)N(NCCCC)C(NCCCC)N1. The van der Waals surface area contributed by atoms with Crippen LogP contribution in [0, 0.1) is 0 Å². The third-order valence-corrected chi connectivity index (χ3v) is 4.23. The van der Waals surface area contributed by atoms with Crippen LogP contribution in [0.1, 0.15) is 79.1 Å². The zero-order valence-corrected chi connectivity index (χ0v) is 17.4. The number of hydrogen-bond acceptors (Lipinski definition) is 4. The van der Waals surface area contributed by atoms with Crippen molar-refractivity contribution in [1.82, 2.24) is 26.4 Å². The van der Waals surface area contributed by atoms with Crippen LogP contribution < -0.4 is 21.4 Å². The van der Waals surface area contributed by atoms with Gasteiger partial charge < -0.3 is 5.32 Å². The molecule has 1 unspecified atom stereocenters. The largest absolute Gasteiger partial charge is 0.322 e. The quantitative estimate of drug-likeness (QED) is 0.355. The molecule has 0 radical (unpaired) electrons. The maximum Gasteiger partial charge on any atom is 0.218 e. The molecule has 0 amide bonds. The summed E-state index contributed by atoms with van der Waals surface area (Å²) in [5, 5.41) is 12.5. The van der Waals surface area contributed by atoms with E-state index in [-0.39, 0.29) is 6.29 Å². The van der Waals surface area contributed by atoms with Crippen molar-refractivity contribution in [3.05, 3.63) is 0 Å². The summed E-state index contributed by atoms with van der Waals surface area (Å²) in [6, 6.07) is 0. The predicted octanol–water partition coefficient (Wildman–Crippen LogP) is 2.77. The first-order chi connectivity index (χ1) is 12.8. The van der Waals surface area contributed by atoms with Crippen LogP contribution in [-0.2, 0) is 0 Å². The van der Waals surface area contributed by atoms with Gasteiger partial charge in [0.2, 0.25) is 11.9 Å². The standard InChI is InChI=1S/C19H41N7/c1-5-9-13-20-17-24-18(21-14-10-6-2)26(23-16-12-8-4)19(25-17)22-15-11-7-3/h18,21,23H,5-16H2,1-4H3,(H2,20,22,24,25). The molecule has 1 fully saturated rings. The van der Waals surface area contributed by atoms with Crippen LogP contribution in [0.3, 0.4) is 0 Å². The van der Waals surface area contributed by atoms with Gasteiger partial charge in [0, 0.05) is 19.6 Å². The molecular formula is C19H41N7. The Morgan fingerprint density at radius 2 is 1.46 bits per heavy atom. The minimum Gasteiger partial charge on any atom is -0.322 e. The smallest absolute Gasteiger partial charge is 0.218 e. The van der Waals surface area contributed by atoms with Gasteiger partial charge in [-0.15, -0.1) is 0 Å². The topological polar surface area (TPSA) is 76.1 Å². The number of rotatable bonds is 14. The Labute approximate surface area is 160 Å². The van der Waals surface area contributed by atoms with Gasteiger partial charge in [0.05, 0.1) is 0 Å². The number of nitrogens with one attached hydrogen (secondary N) is 4. The van der Waals surface area contributed by atoms with Gasteiger partial charge in [-0.1, -0.05) is 53.4 Å². The Morgan fingerprint density at radius 1 is 0.846 bits per heavy atom. The van der Waals surface area contributed by atoms with Crippen LogP contribution in [-0.4, -0.2) is 49.4 Å². The fraction of sp³-hybridized carbons (Fsp3) is 0.895. The lowest BCUT2D eigenvalue weighted by Gasteiger charge is -2.40. The van der Waals surface area contributed by atoms with Crippen molar-refractivity contribution in [2.75, 3.05) is 26.2 Å². The summed E-state index contributed by atoms with van der Waals surface area (Å²) >= 11 is 0. The minimum atomic E-state index is -0.0413. The van der Waals surface area contributed by atoms with Crippen LogP contribution >= 0.6 is 0 Å². The molecule has 1 aliphatic heterocycles. The summed E-state index contributed by atoms with van der Waals surface area (Å²) in [6.07, 6.45) is 9.08. The van der Waals surface area contributed by atoms with Crippen molar-refractivity contribution < 1.29 is 0 Å². The lowest BCUT2D eigenvalue weighted by Crippen LogP contribution is -2.72. The van der Waals surface area contributed by atoms with Crippen molar-refractivity contribution in [2.24, 2.45) is 9.98 Å². The first-order valence-corrected chi connectivity index (χ1v) is 10.6. The molecule has 1 heterocycles. The maximum absolute atomic E-state index is 4.80. The monoisotopic (exact) mass is 367 g/mol. The highest BCUT2D eigenvalue weighted by molar-refractivity contribution is 6.00. The molecule has 0 spiro atoms. The average Bonchev–Trinajstić information content (AvgIpc) is 2.64. The van der Waals surface area contributed by atoms with Crippen molar-refractivity contribution in [2.45, 2.75) is 85.4 Å². The van der Waals surface area contributed by atoms with Crippen molar-refractivity contribution in [3.8, 4) is 0 Å². The van der Waals surface area contributed by atoms with E-state index in [2.05, 4.69) is 59.1 Å². The zero-order valence-electron chi connectivity index (χ0n) is 17.4. The van der Waals surface area contributed by atoms with E-state index < -0.39 is 0 Å². The molecular weight excluding hydrogens is 326 g/mol. The van der Waals surface area contributed by atoms with Crippen LogP contribution in [0.15, 0.2) is 9.98 Å². The summed E-state index contributed by atoms with van der Waals surface area (Å²) in [4.78, 5) is 9.48. The van der Waals surface area contributed by atoms with Gasteiger partial charge >= 0.3 is 0 Å². The molecule has 152 valence electrons.